The van der Waals surface area contributed by atoms with E-state index in [1.54, 1.807) is 6.08 Å². The summed E-state index contributed by atoms with van der Waals surface area (Å²) in [5.41, 5.74) is 2.49. The molecule has 1 nitrogen and oxygen atoms in total. The van der Waals surface area contributed by atoms with Crippen molar-refractivity contribution in [3.05, 3.63) is 35.5 Å². The van der Waals surface area contributed by atoms with Crippen molar-refractivity contribution in [3.8, 4) is 0 Å². The predicted molar refractivity (Wildman–Crippen MR) is 69.2 cm³/mol. The summed E-state index contributed by atoms with van der Waals surface area (Å²) >= 11 is 0. The van der Waals surface area contributed by atoms with Crippen LogP contribution in [0.2, 0.25) is 0 Å². The molecule has 1 unspecified atom stereocenters. The molecule has 1 aliphatic rings. The van der Waals surface area contributed by atoms with Gasteiger partial charge in [-0.15, -0.1) is 0 Å². The number of carbonyl (C=O) groups excluding carboxylic acids is 1. The third kappa shape index (κ3) is 2.94. The van der Waals surface area contributed by atoms with Gasteiger partial charge in [-0.1, -0.05) is 43.2 Å². The Hall–Kier alpha value is -1.11. The monoisotopic (exact) mass is 218 g/mol. The average Bonchev–Trinajstić information content (AvgIpc) is 2.14. The van der Waals surface area contributed by atoms with Crippen LogP contribution in [0.15, 0.2) is 35.5 Å². The second-order valence-corrected chi connectivity index (χ2v) is 5.39. The molecule has 0 aromatic rings. The van der Waals surface area contributed by atoms with Gasteiger partial charge >= 0.3 is 0 Å². The van der Waals surface area contributed by atoms with Crippen molar-refractivity contribution < 1.29 is 4.79 Å². The van der Waals surface area contributed by atoms with Crippen LogP contribution >= 0.6 is 0 Å². The van der Waals surface area contributed by atoms with E-state index in [-0.39, 0.29) is 11.2 Å². The fourth-order valence-corrected chi connectivity index (χ4v) is 2.33. The molecule has 0 heterocycles. The largest absolute Gasteiger partial charge is 0.295 e. The first-order valence-corrected chi connectivity index (χ1v) is 5.89. The summed E-state index contributed by atoms with van der Waals surface area (Å²) in [5.74, 6) is 0.634. The van der Waals surface area contributed by atoms with Crippen LogP contribution in [0, 0.1) is 11.3 Å². The van der Waals surface area contributed by atoms with E-state index >= 15 is 0 Å². The molecule has 1 rings (SSSR count). The van der Waals surface area contributed by atoms with E-state index in [4.69, 9.17) is 0 Å². The summed E-state index contributed by atoms with van der Waals surface area (Å²) in [4.78, 5) is 11.5. The van der Waals surface area contributed by atoms with Crippen LogP contribution in [0.25, 0.3) is 0 Å². The highest BCUT2D eigenvalue weighted by atomic mass is 16.1. The third-order valence-corrected chi connectivity index (χ3v) is 3.36. The summed E-state index contributed by atoms with van der Waals surface area (Å²) in [6.07, 6.45) is 8.92. The summed E-state index contributed by atoms with van der Waals surface area (Å²) in [6, 6.07) is 0. The van der Waals surface area contributed by atoms with Crippen molar-refractivity contribution in [2.24, 2.45) is 11.3 Å². The zero-order chi connectivity index (χ0) is 12.3. The Morgan fingerprint density at radius 2 is 2.12 bits per heavy atom. The lowest BCUT2D eigenvalue weighted by Crippen LogP contribution is -2.30. The lowest BCUT2D eigenvalue weighted by Gasteiger charge is -2.35. The minimum atomic E-state index is 0.0421. The Morgan fingerprint density at radius 1 is 1.50 bits per heavy atom. The molecule has 16 heavy (non-hydrogen) atoms. The Bertz CT molecular complexity index is 367. The molecular weight excluding hydrogens is 196 g/mol. The van der Waals surface area contributed by atoms with Crippen LogP contribution in [0.5, 0.6) is 0 Å². The quantitative estimate of drug-likeness (QED) is 0.638. The van der Waals surface area contributed by atoms with Gasteiger partial charge < -0.3 is 0 Å². The maximum atomic E-state index is 11.5. The van der Waals surface area contributed by atoms with Crippen LogP contribution in [0.1, 0.15) is 41.0 Å². The van der Waals surface area contributed by atoms with Crippen LogP contribution in [0.3, 0.4) is 0 Å². The fraction of sp³-hybridized carbons (Fsp3) is 0.533. The van der Waals surface area contributed by atoms with Gasteiger partial charge in [0.2, 0.25) is 0 Å². The maximum Gasteiger partial charge on any atom is 0.156 e. The first kappa shape index (κ1) is 13.0. The topological polar surface area (TPSA) is 17.1 Å². The van der Waals surface area contributed by atoms with E-state index in [1.165, 1.54) is 11.1 Å². The van der Waals surface area contributed by atoms with Gasteiger partial charge in [-0.25, -0.2) is 0 Å². The smallest absolute Gasteiger partial charge is 0.156 e. The molecule has 0 spiro atoms. The van der Waals surface area contributed by atoms with Crippen molar-refractivity contribution in [3.63, 3.8) is 0 Å². The van der Waals surface area contributed by atoms with Gasteiger partial charge in [0, 0.05) is 12.3 Å². The standard InChI is InChI=1S/C15H22O/c1-6-11(2)7-8-14-12(3)9-13(16)10-15(14,4)5/h6-9,14H,10H2,1-5H3/b8-7+,11-6+. The van der Waals surface area contributed by atoms with Gasteiger partial charge in [0.1, 0.15) is 0 Å². The van der Waals surface area contributed by atoms with E-state index in [1.807, 2.05) is 6.92 Å². The highest BCUT2D eigenvalue weighted by molar-refractivity contribution is 5.92. The Morgan fingerprint density at radius 3 is 2.62 bits per heavy atom. The van der Waals surface area contributed by atoms with Gasteiger partial charge in [-0.05, 0) is 32.3 Å². The number of carbonyl (C=O) groups is 1. The fourth-order valence-electron chi connectivity index (χ4n) is 2.33. The number of rotatable bonds is 2. The SMILES string of the molecule is C/C=C(C)/C=C/C1C(C)=CC(=O)CC1(C)C. The number of ketones is 1. The summed E-state index contributed by atoms with van der Waals surface area (Å²) in [7, 11) is 0. The predicted octanol–water partition coefficient (Wildman–Crippen LogP) is 4.07. The van der Waals surface area contributed by atoms with Crippen LogP contribution < -0.4 is 0 Å². The van der Waals surface area contributed by atoms with Crippen molar-refractivity contribution in [2.45, 2.75) is 41.0 Å². The molecule has 1 aliphatic carbocycles. The van der Waals surface area contributed by atoms with Gasteiger partial charge in [-0.2, -0.15) is 0 Å². The molecule has 88 valence electrons. The van der Waals surface area contributed by atoms with Gasteiger partial charge in [-0.3, -0.25) is 4.79 Å². The molecular formula is C15H22O. The average molecular weight is 218 g/mol. The zero-order valence-corrected chi connectivity index (χ0v) is 11.0. The van der Waals surface area contributed by atoms with Gasteiger partial charge in [0.05, 0.1) is 0 Å². The van der Waals surface area contributed by atoms with Crippen molar-refractivity contribution >= 4 is 5.78 Å². The van der Waals surface area contributed by atoms with Crippen molar-refractivity contribution in [2.75, 3.05) is 0 Å². The van der Waals surface area contributed by atoms with E-state index in [0.29, 0.717) is 12.3 Å². The molecule has 0 bridgehead atoms. The molecule has 0 N–H and O–H groups in total. The van der Waals surface area contributed by atoms with Crippen molar-refractivity contribution in [1.82, 2.24) is 0 Å². The Labute approximate surface area is 98.9 Å². The minimum absolute atomic E-state index is 0.0421. The molecule has 0 saturated heterocycles. The third-order valence-electron chi connectivity index (χ3n) is 3.36. The molecule has 0 aromatic carbocycles. The Balaban J connectivity index is 2.97. The zero-order valence-electron chi connectivity index (χ0n) is 11.0. The lowest BCUT2D eigenvalue weighted by atomic mass is 9.68. The molecule has 0 radical (unpaired) electrons. The van der Waals surface area contributed by atoms with Crippen LogP contribution in [-0.4, -0.2) is 5.78 Å². The Kier molecular flexibility index (Phi) is 3.90. The molecule has 0 aliphatic heterocycles. The lowest BCUT2D eigenvalue weighted by molar-refractivity contribution is -0.117. The van der Waals surface area contributed by atoms with E-state index < -0.39 is 0 Å². The second kappa shape index (κ2) is 4.82. The van der Waals surface area contributed by atoms with E-state index in [0.717, 1.165) is 0 Å². The first-order valence-electron chi connectivity index (χ1n) is 5.89. The van der Waals surface area contributed by atoms with Crippen LogP contribution in [-0.2, 0) is 4.79 Å². The highest BCUT2D eigenvalue weighted by Crippen LogP contribution is 2.40. The van der Waals surface area contributed by atoms with E-state index in [9.17, 15) is 4.79 Å². The molecule has 1 atom stereocenters. The summed E-state index contributed by atoms with van der Waals surface area (Å²) < 4.78 is 0. The minimum Gasteiger partial charge on any atom is -0.295 e. The number of allylic oxidation sites excluding steroid dienone is 6. The highest BCUT2D eigenvalue weighted by Gasteiger charge is 2.34. The van der Waals surface area contributed by atoms with Crippen LogP contribution in [0.4, 0.5) is 0 Å². The first-order chi connectivity index (χ1) is 7.36. The number of hydrogen-bond donors (Lipinski definition) is 0. The van der Waals surface area contributed by atoms with E-state index in [2.05, 4.69) is 45.9 Å². The molecule has 1 heteroatoms. The second-order valence-electron chi connectivity index (χ2n) is 5.39. The molecule has 0 aromatic heterocycles. The summed E-state index contributed by atoms with van der Waals surface area (Å²) in [6.45, 7) is 10.5. The molecule has 0 fully saturated rings. The summed E-state index contributed by atoms with van der Waals surface area (Å²) in [5, 5.41) is 0. The van der Waals surface area contributed by atoms with Gasteiger partial charge in [0.15, 0.2) is 5.78 Å². The number of hydrogen-bond acceptors (Lipinski definition) is 1. The normalized spacial score (nSPS) is 26.1. The molecule has 0 saturated carbocycles. The van der Waals surface area contributed by atoms with Crippen molar-refractivity contribution in [1.29, 1.82) is 0 Å². The molecule has 0 amide bonds. The maximum absolute atomic E-state index is 11.5. The van der Waals surface area contributed by atoms with Gasteiger partial charge in [0.25, 0.3) is 0 Å².